The summed E-state index contributed by atoms with van der Waals surface area (Å²) in [6.07, 6.45) is 5.55. The molecule has 1 aromatic carbocycles. The van der Waals surface area contributed by atoms with E-state index < -0.39 is 0 Å². The third-order valence-corrected chi connectivity index (χ3v) is 3.47. The maximum absolute atomic E-state index is 5.35. The lowest BCUT2D eigenvalue weighted by Crippen LogP contribution is -2.15. The van der Waals surface area contributed by atoms with Crippen LogP contribution in [0.1, 0.15) is 31.2 Å². The van der Waals surface area contributed by atoms with Gasteiger partial charge in [-0.15, -0.1) is 0 Å². The molecule has 1 aliphatic rings. The predicted octanol–water partition coefficient (Wildman–Crippen LogP) is 2.98. The maximum atomic E-state index is 5.35. The summed E-state index contributed by atoms with van der Waals surface area (Å²) in [5.41, 5.74) is 1.16. The highest BCUT2D eigenvalue weighted by Crippen LogP contribution is 2.33. The highest BCUT2D eigenvalue weighted by atomic mass is 16.5. The second kappa shape index (κ2) is 6.64. The zero-order valence-corrected chi connectivity index (χ0v) is 11.4. The van der Waals surface area contributed by atoms with Gasteiger partial charge in [-0.3, -0.25) is 0 Å². The van der Waals surface area contributed by atoms with Gasteiger partial charge in [-0.2, -0.15) is 0 Å². The van der Waals surface area contributed by atoms with Gasteiger partial charge in [-0.25, -0.2) is 0 Å². The van der Waals surface area contributed by atoms with Crippen molar-refractivity contribution in [3.8, 4) is 11.5 Å². The summed E-state index contributed by atoms with van der Waals surface area (Å²) in [5, 5.41) is 3.48. The fraction of sp³-hybridized carbons (Fsp3) is 0.600. The number of hydrogen-bond acceptors (Lipinski definition) is 3. The van der Waals surface area contributed by atoms with Crippen molar-refractivity contribution in [1.29, 1.82) is 0 Å². The van der Waals surface area contributed by atoms with Gasteiger partial charge in [0.1, 0.15) is 11.5 Å². The summed E-state index contributed by atoms with van der Waals surface area (Å²) in [5.74, 6) is 2.83. The standard InChI is InChI=1S/C15H23NO2/c1-17-14-7-8-15(18-2)13(10-14)11-16-9-3-4-12-5-6-12/h7-8,10,12,16H,3-6,9,11H2,1-2H3. The van der Waals surface area contributed by atoms with E-state index in [1.165, 1.54) is 25.7 Å². The van der Waals surface area contributed by atoms with Crippen LogP contribution < -0.4 is 14.8 Å². The fourth-order valence-electron chi connectivity index (χ4n) is 2.17. The van der Waals surface area contributed by atoms with E-state index in [1.807, 2.05) is 18.2 Å². The quantitative estimate of drug-likeness (QED) is 0.718. The van der Waals surface area contributed by atoms with Crippen molar-refractivity contribution < 1.29 is 9.47 Å². The van der Waals surface area contributed by atoms with Crippen LogP contribution in [0, 0.1) is 5.92 Å². The van der Waals surface area contributed by atoms with Crippen LogP contribution in [0.4, 0.5) is 0 Å². The molecular weight excluding hydrogens is 226 g/mol. The maximum Gasteiger partial charge on any atom is 0.123 e. The van der Waals surface area contributed by atoms with E-state index in [-0.39, 0.29) is 0 Å². The molecule has 1 aliphatic carbocycles. The molecule has 2 rings (SSSR count). The molecule has 18 heavy (non-hydrogen) atoms. The van der Waals surface area contributed by atoms with Crippen molar-refractivity contribution in [2.45, 2.75) is 32.2 Å². The Labute approximate surface area is 109 Å². The lowest BCUT2D eigenvalue weighted by atomic mass is 10.1. The molecule has 0 atom stereocenters. The van der Waals surface area contributed by atoms with Gasteiger partial charge >= 0.3 is 0 Å². The van der Waals surface area contributed by atoms with Crippen molar-refractivity contribution in [1.82, 2.24) is 5.32 Å². The normalized spacial score (nSPS) is 14.6. The van der Waals surface area contributed by atoms with E-state index in [9.17, 15) is 0 Å². The van der Waals surface area contributed by atoms with E-state index in [4.69, 9.17) is 9.47 Å². The smallest absolute Gasteiger partial charge is 0.123 e. The van der Waals surface area contributed by atoms with E-state index in [0.717, 1.165) is 36.1 Å². The number of methoxy groups -OCH3 is 2. The predicted molar refractivity (Wildman–Crippen MR) is 73.2 cm³/mol. The Bertz CT molecular complexity index is 375. The summed E-state index contributed by atoms with van der Waals surface area (Å²) >= 11 is 0. The van der Waals surface area contributed by atoms with Crippen LogP contribution in [0.3, 0.4) is 0 Å². The van der Waals surface area contributed by atoms with Crippen molar-refractivity contribution in [2.75, 3.05) is 20.8 Å². The van der Waals surface area contributed by atoms with Gasteiger partial charge in [0.05, 0.1) is 14.2 Å². The van der Waals surface area contributed by atoms with E-state index in [2.05, 4.69) is 5.32 Å². The van der Waals surface area contributed by atoms with Crippen LogP contribution in [-0.2, 0) is 6.54 Å². The second-order valence-electron chi connectivity index (χ2n) is 4.94. The molecule has 0 spiro atoms. The highest BCUT2D eigenvalue weighted by Gasteiger charge is 2.19. The van der Waals surface area contributed by atoms with Crippen LogP contribution >= 0.6 is 0 Å². The van der Waals surface area contributed by atoms with Crippen molar-refractivity contribution >= 4 is 0 Å². The van der Waals surface area contributed by atoms with Gasteiger partial charge in [0.2, 0.25) is 0 Å². The fourth-order valence-corrected chi connectivity index (χ4v) is 2.17. The lowest BCUT2D eigenvalue weighted by Gasteiger charge is -2.11. The van der Waals surface area contributed by atoms with Gasteiger partial charge in [0, 0.05) is 12.1 Å². The van der Waals surface area contributed by atoms with Gasteiger partial charge in [-0.1, -0.05) is 12.8 Å². The molecule has 0 saturated heterocycles. The second-order valence-corrected chi connectivity index (χ2v) is 4.94. The molecule has 1 fully saturated rings. The Morgan fingerprint density at radius 3 is 2.72 bits per heavy atom. The molecular formula is C15H23NO2. The Morgan fingerprint density at radius 2 is 2.06 bits per heavy atom. The minimum Gasteiger partial charge on any atom is -0.497 e. The summed E-state index contributed by atoms with van der Waals surface area (Å²) in [6.45, 7) is 1.92. The number of nitrogens with one attached hydrogen (secondary N) is 1. The highest BCUT2D eigenvalue weighted by molar-refractivity contribution is 5.40. The summed E-state index contributed by atoms with van der Waals surface area (Å²) < 4.78 is 10.6. The Kier molecular flexibility index (Phi) is 4.88. The van der Waals surface area contributed by atoms with E-state index in [0.29, 0.717) is 0 Å². The average molecular weight is 249 g/mol. The van der Waals surface area contributed by atoms with Crippen molar-refractivity contribution in [3.63, 3.8) is 0 Å². The van der Waals surface area contributed by atoms with Crippen LogP contribution in [-0.4, -0.2) is 20.8 Å². The van der Waals surface area contributed by atoms with Gasteiger partial charge in [0.15, 0.2) is 0 Å². The third kappa shape index (κ3) is 3.91. The molecule has 0 radical (unpaired) electrons. The molecule has 0 amide bonds. The molecule has 1 aromatic rings. The number of hydrogen-bond donors (Lipinski definition) is 1. The molecule has 1 saturated carbocycles. The molecule has 0 unspecified atom stereocenters. The summed E-state index contributed by atoms with van der Waals surface area (Å²) in [4.78, 5) is 0. The molecule has 100 valence electrons. The zero-order chi connectivity index (χ0) is 12.8. The van der Waals surface area contributed by atoms with E-state index in [1.54, 1.807) is 14.2 Å². The van der Waals surface area contributed by atoms with Gasteiger partial charge in [-0.05, 0) is 43.5 Å². The van der Waals surface area contributed by atoms with Crippen LogP contribution in [0.25, 0.3) is 0 Å². The first-order valence-corrected chi connectivity index (χ1v) is 6.75. The molecule has 3 heteroatoms. The SMILES string of the molecule is COc1ccc(OC)c(CNCCCC2CC2)c1. The average Bonchev–Trinajstić information content (AvgIpc) is 3.22. The Balaban J connectivity index is 1.78. The van der Waals surface area contributed by atoms with Gasteiger partial charge in [0.25, 0.3) is 0 Å². The molecule has 0 aliphatic heterocycles. The van der Waals surface area contributed by atoms with Crippen LogP contribution in [0.5, 0.6) is 11.5 Å². The number of rotatable bonds is 8. The Hall–Kier alpha value is -1.22. The first-order chi connectivity index (χ1) is 8.83. The summed E-state index contributed by atoms with van der Waals surface area (Å²) in [6, 6.07) is 5.92. The molecule has 0 aromatic heterocycles. The molecule has 0 heterocycles. The first-order valence-electron chi connectivity index (χ1n) is 6.75. The third-order valence-electron chi connectivity index (χ3n) is 3.47. The van der Waals surface area contributed by atoms with Gasteiger partial charge < -0.3 is 14.8 Å². The van der Waals surface area contributed by atoms with E-state index >= 15 is 0 Å². The van der Waals surface area contributed by atoms with Crippen LogP contribution in [0.2, 0.25) is 0 Å². The molecule has 0 bridgehead atoms. The largest absolute Gasteiger partial charge is 0.497 e. The molecule has 1 N–H and O–H groups in total. The topological polar surface area (TPSA) is 30.5 Å². The van der Waals surface area contributed by atoms with Crippen LogP contribution in [0.15, 0.2) is 18.2 Å². The number of ether oxygens (including phenoxy) is 2. The Morgan fingerprint density at radius 1 is 1.22 bits per heavy atom. The zero-order valence-electron chi connectivity index (χ0n) is 11.4. The first kappa shape index (κ1) is 13.2. The summed E-state index contributed by atoms with van der Waals surface area (Å²) in [7, 11) is 3.40. The monoisotopic (exact) mass is 249 g/mol. The minimum absolute atomic E-state index is 0.838. The number of benzene rings is 1. The molecule has 3 nitrogen and oxygen atoms in total. The van der Waals surface area contributed by atoms with Crippen molar-refractivity contribution in [2.24, 2.45) is 5.92 Å². The van der Waals surface area contributed by atoms with Crippen molar-refractivity contribution in [3.05, 3.63) is 23.8 Å². The lowest BCUT2D eigenvalue weighted by molar-refractivity contribution is 0.397. The minimum atomic E-state index is 0.838.